The fourth-order valence-corrected chi connectivity index (χ4v) is 2.55. The molecule has 0 radical (unpaired) electrons. The number of halogens is 5. The molecule has 0 fully saturated rings. The van der Waals surface area contributed by atoms with Crippen LogP contribution in [-0.2, 0) is 10.7 Å². The molecule has 0 aliphatic heterocycles. The van der Waals surface area contributed by atoms with Gasteiger partial charge in [0.05, 0.1) is 4.83 Å². The van der Waals surface area contributed by atoms with Crippen molar-refractivity contribution in [1.82, 2.24) is 0 Å². The van der Waals surface area contributed by atoms with E-state index in [0.29, 0.717) is 11.1 Å². The Kier molecular flexibility index (Phi) is 5.55. The largest absolute Gasteiger partial charge is 0.446 e. The minimum absolute atomic E-state index is 0.0378. The molecule has 0 bridgehead atoms. The molecule has 1 aromatic carbocycles. The molecule has 1 nitrogen and oxygen atoms in total. The topological polar surface area (TPSA) is 17.1 Å². The van der Waals surface area contributed by atoms with Crippen molar-refractivity contribution >= 4 is 45.1 Å². The van der Waals surface area contributed by atoms with Gasteiger partial charge in [-0.3, -0.25) is 4.79 Å². The van der Waals surface area contributed by atoms with Crippen LogP contribution in [-0.4, -0.2) is 11.3 Å². The molecule has 0 aromatic heterocycles. The van der Waals surface area contributed by atoms with E-state index in [4.69, 9.17) is 11.6 Å². The summed E-state index contributed by atoms with van der Waals surface area (Å²) in [7, 11) is 0. The summed E-state index contributed by atoms with van der Waals surface area (Å²) in [5, 5.41) is 0. The molecule has 100 valence electrons. The SMILES string of the molecule is CC(=O)C(Br)c1ccc(SC(F)(F)F)c(CCl)c1. The number of ketones is 1. The molecule has 0 amide bonds. The summed E-state index contributed by atoms with van der Waals surface area (Å²) in [5.41, 5.74) is -3.39. The van der Waals surface area contributed by atoms with E-state index < -0.39 is 10.3 Å². The van der Waals surface area contributed by atoms with E-state index in [1.54, 1.807) is 0 Å². The number of benzene rings is 1. The Balaban J connectivity index is 3.07. The van der Waals surface area contributed by atoms with Gasteiger partial charge in [0.1, 0.15) is 5.78 Å². The molecule has 0 aliphatic carbocycles. The summed E-state index contributed by atoms with van der Waals surface area (Å²) in [6.07, 6.45) is 0. The summed E-state index contributed by atoms with van der Waals surface area (Å²) in [6.45, 7) is 1.40. The van der Waals surface area contributed by atoms with Gasteiger partial charge in [-0.1, -0.05) is 28.1 Å². The van der Waals surface area contributed by atoms with E-state index in [0.717, 1.165) is 0 Å². The monoisotopic (exact) mass is 360 g/mol. The minimum atomic E-state index is -4.35. The molecule has 0 N–H and O–H groups in total. The molecule has 1 atom stereocenters. The highest BCUT2D eigenvalue weighted by molar-refractivity contribution is 9.09. The van der Waals surface area contributed by atoms with Crippen molar-refractivity contribution in [2.75, 3.05) is 0 Å². The number of hydrogen-bond acceptors (Lipinski definition) is 2. The smallest absolute Gasteiger partial charge is 0.298 e. The predicted molar refractivity (Wildman–Crippen MR) is 70.3 cm³/mol. The third-order valence-corrected chi connectivity index (χ3v) is 4.41. The van der Waals surface area contributed by atoms with E-state index in [-0.39, 0.29) is 28.3 Å². The number of rotatable bonds is 4. The highest BCUT2D eigenvalue weighted by atomic mass is 79.9. The van der Waals surface area contributed by atoms with Gasteiger partial charge >= 0.3 is 5.51 Å². The van der Waals surface area contributed by atoms with Crippen LogP contribution in [0.3, 0.4) is 0 Å². The maximum absolute atomic E-state index is 12.3. The molecule has 1 rings (SSSR count). The Bertz CT molecular complexity index is 450. The number of thioether (sulfide) groups is 1. The van der Waals surface area contributed by atoms with Gasteiger partial charge in [-0.2, -0.15) is 13.2 Å². The highest BCUT2D eigenvalue weighted by Crippen LogP contribution is 2.40. The van der Waals surface area contributed by atoms with Crippen LogP contribution in [0, 0.1) is 0 Å². The van der Waals surface area contributed by atoms with Crippen molar-refractivity contribution in [1.29, 1.82) is 0 Å². The Morgan fingerprint density at radius 2 is 2.11 bits per heavy atom. The first-order chi connectivity index (χ1) is 8.24. The molecule has 0 saturated carbocycles. The maximum atomic E-state index is 12.3. The van der Waals surface area contributed by atoms with Crippen LogP contribution in [0.5, 0.6) is 0 Å². The van der Waals surface area contributed by atoms with Crippen LogP contribution in [0.15, 0.2) is 23.1 Å². The fourth-order valence-electron chi connectivity index (χ4n) is 1.32. The van der Waals surface area contributed by atoms with E-state index in [9.17, 15) is 18.0 Å². The third kappa shape index (κ3) is 4.48. The Labute approximate surface area is 120 Å². The molecule has 1 aromatic rings. The molecule has 0 spiro atoms. The molecule has 0 heterocycles. The number of carbonyl (C=O) groups excluding carboxylic acids is 1. The first kappa shape index (κ1) is 15.9. The van der Waals surface area contributed by atoms with Crippen molar-refractivity contribution in [2.24, 2.45) is 0 Å². The second-order valence-corrected chi connectivity index (χ2v) is 5.81. The Hall–Kier alpha value is -0.200. The van der Waals surface area contributed by atoms with Crippen molar-refractivity contribution in [3.63, 3.8) is 0 Å². The first-order valence-electron chi connectivity index (χ1n) is 4.83. The maximum Gasteiger partial charge on any atom is 0.446 e. The van der Waals surface area contributed by atoms with Crippen LogP contribution in [0.25, 0.3) is 0 Å². The van der Waals surface area contributed by atoms with Gasteiger partial charge < -0.3 is 0 Å². The van der Waals surface area contributed by atoms with Crippen molar-refractivity contribution in [2.45, 2.75) is 28.0 Å². The lowest BCUT2D eigenvalue weighted by Gasteiger charge is -2.13. The van der Waals surface area contributed by atoms with Crippen LogP contribution in [0.1, 0.15) is 22.9 Å². The molecule has 7 heteroatoms. The Morgan fingerprint density at radius 1 is 1.50 bits per heavy atom. The number of hydrogen-bond donors (Lipinski definition) is 0. The standard InChI is InChI=1S/C11H9BrClF3OS/c1-6(17)10(12)7-2-3-9(8(4-7)5-13)18-11(14,15)16/h2-4,10H,5H2,1H3. The van der Waals surface area contributed by atoms with Crippen molar-refractivity contribution < 1.29 is 18.0 Å². The summed E-state index contributed by atoms with van der Waals surface area (Å²) < 4.78 is 36.9. The van der Waals surface area contributed by atoms with Gasteiger partial charge in [-0.05, 0) is 35.9 Å². The van der Waals surface area contributed by atoms with Gasteiger partial charge in [0, 0.05) is 10.8 Å². The van der Waals surface area contributed by atoms with E-state index in [1.165, 1.54) is 25.1 Å². The predicted octanol–water partition coefficient (Wildman–Crippen LogP) is 5.06. The quantitative estimate of drug-likeness (QED) is 0.550. The minimum Gasteiger partial charge on any atom is -0.298 e. The van der Waals surface area contributed by atoms with E-state index >= 15 is 0 Å². The number of alkyl halides is 5. The number of carbonyl (C=O) groups is 1. The zero-order valence-electron chi connectivity index (χ0n) is 9.22. The molecular formula is C11H9BrClF3OS. The summed E-state index contributed by atoms with van der Waals surface area (Å²) >= 11 is 8.61. The number of Topliss-reactive ketones (excluding diaryl/α,β-unsaturated/α-hetero) is 1. The second kappa shape index (κ2) is 6.30. The van der Waals surface area contributed by atoms with Crippen molar-refractivity contribution in [3.8, 4) is 0 Å². The van der Waals surface area contributed by atoms with Gasteiger partial charge in [0.2, 0.25) is 0 Å². The lowest BCUT2D eigenvalue weighted by molar-refractivity contribution is -0.116. The normalized spacial score (nSPS) is 13.4. The highest BCUT2D eigenvalue weighted by Gasteiger charge is 2.30. The zero-order chi connectivity index (χ0) is 13.9. The Morgan fingerprint density at radius 3 is 2.56 bits per heavy atom. The summed E-state index contributed by atoms with van der Waals surface area (Å²) in [6, 6.07) is 4.34. The van der Waals surface area contributed by atoms with Gasteiger partial charge in [-0.25, -0.2) is 0 Å². The zero-order valence-corrected chi connectivity index (χ0v) is 12.4. The second-order valence-electron chi connectivity index (χ2n) is 3.52. The molecule has 0 aliphatic rings. The van der Waals surface area contributed by atoms with E-state index in [1.807, 2.05) is 0 Å². The van der Waals surface area contributed by atoms with Crippen LogP contribution < -0.4 is 0 Å². The third-order valence-electron chi connectivity index (χ3n) is 2.10. The average molecular weight is 362 g/mol. The van der Waals surface area contributed by atoms with Gasteiger partial charge in [-0.15, -0.1) is 11.6 Å². The molecular weight excluding hydrogens is 353 g/mol. The lowest BCUT2D eigenvalue weighted by atomic mass is 10.1. The van der Waals surface area contributed by atoms with Crippen molar-refractivity contribution in [3.05, 3.63) is 29.3 Å². The van der Waals surface area contributed by atoms with Crippen LogP contribution in [0.4, 0.5) is 13.2 Å². The fraction of sp³-hybridized carbons (Fsp3) is 0.364. The molecule has 1 unspecified atom stereocenters. The average Bonchev–Trinajstić information content (AvgIpc) is 2.26. The lowest BCUT2D eigenvalue weighted by Crippen LogP contribution is -2.04. The van der Waals surface area contributed by atoms with Crippen LogP contribution in [0.2, 0.25) is 0 Å². The molecule has 18 heavy (non-hydrogen) atoms. The van der Waals surface area contributed by atoms with E-state index in [2.05, 4.69) is 15.9 Å². The summed E-state index contributed by atoms with van der Waals surface area (Å²) in [5.74, 6) is -0.157. The van der Waals surface area contributed by atoms with Gasteiger partial charge in [0.15, 0.2) is 0 Å². The summed E-state index contributed by atoms with van der Waals surface area (Å²) in [4.78, 5) is 10.7. The first-order valence-corrected chi connectivity index (χ1v) is 7.10. The van der Waals surface area contributed by atoms with Crippen LogP contribution >= 0.6 is 39.3 Å². The van der Waals surface area contributed by atoms with Gasteiger partial charge in [0.25, 0.3) is 0 Å². The molecule has 0 saturated heterocycles.